The Balaban J connectivity index is 2.24. The van der Waals surface area contributed by atoms with Crippen molar-refractivity contribution in [3.05, 3.63) is 58.9 Å². The minimum Gasteiger partial charge on any atom is -0.492 e. The third kappa shape index (κ3) is 3.70. The Labute approximate surface area is 123 Å². The second-order valence-corrected chi connectivity index (χ2v) is 4.89. The molecule has 1 aromatic heterocycles. The lowest BCUT2D eigenvalue weighted by Crippen LogP contribution is -2.28. The van der Waals surface area contributed by atoms with Crippen molar-refractivity contribution in [2.45, 2.75) is 19.4 Å². The molecule has 5 heteroatoms. The number of nitrogens with zero attached hydrogens (tertiary/aromatic N) is 1. The van der Waals surface area contributed by atoms with Gasteiger partial charge in [0.25, 0.3) is 0 Å². The first-order valence-corrected chi connectivity index (χ1v) is 6.91. The molecule has 0 amide bonds. The SMILES string of the molecule is CCCOc1cncc(C(NN)c2ccc(Cl)cc2)c1. The summed E-state index contributed by atoms with van der Waals surface area (Å²) in [5.41, 5.74) is 4.77. The molecule has 1 unspecified atom stereocenters. The first kappa shape index (κ1) is 14.8. The molecule has 106 valence electrons. The summed E-state index contributed by atoms with van der Waals surface area (Å²) >= 11 is 5.90. The zero-order valence-corrected chi connectivity index (χ0v) is 12.1. The first-order chi connectivity index (χ1) is 9.74. The van der Waals surface area contributed by atoms with E-state index in [0.29, 0.717) is 11.6 Å². The van der Waals surface area contributed by atoms with Crippen molar-refractivity contribution in [1.29, 1.82) is 0 Å². The van der Waals surface area contributed by atoms with E-state index in [1.54, 1.807) is 12.4 Å². The third-order valence-corrected chi connectivity index (χ3v) is 3.16. The molecule has 20 heavy (non-hydrogen) atoms. The molecule has 0 aliphatic carbocycles. The van der Waals surface area contributed by atoms with Gasteiger partial charge in [0.1, 0.15) is 5.75 Å². The predicted molar refractivity (Wildman–Crippen MR) is 80.6 cm³/mol. The number of aromatic nitrogens is 1. The van der Waals surface area contributed by atoms with Crippen molar-refractivity contribution >= 4 is 11.6 Å². The zero-order valence-electron chi connectivity index (χ0n) is 11.3. The minimum atomic E-state index is -0.148. The summed E-state index contributed by atoms with van der Waals surface area (Å²) < 4.78 is 5.59. The van der Waals surface area contributed by atoms with E-state index in [0.717, 1.165) is 23.3 Å². The number of hydrogen-bond donors (Lipinski definition) is 2. The van der Waals surface area contributed by atoms with Gasteiger partial charge in [-0.1, -0.05) is 30.7 Å². The van der Waals surface area contributed by atoms with Crippen molar-refractivity contribution in [2.24, 2.45) is 5.84 Å². The summed E-state index contributed by atoms with van der Waals surface area (Å²) in [5.74, 6) is 6.42. The van der Waals surface area contributed by atoms with E-state index in [2.05, 4.69) is 17.3 Å². The number of rotatable bonds is 6. The van der Waals surface area contributed by atoms with Crippen LogP contribution in [-0.2, 0) is 0 Å². The maximum atomic E-state index is 5.90. The van der Waals surface area contributed by atoms with Gasteiger partial charge >= 0.3 is 0 Å². The summed E-state index contributed by atoms with van der Waals surface area (Å²) in [6.07, 6.45) is 4.44. The van der Waals surface area contributed by atoms with Crippen molar-refractivity contribution in [2.75, 3.05) is 6.61 Å². The van der Waals surface area contributed by atoms with Crippen LogP contribution in [0.25, 0.3) is 0 Å². The molecular formula is C15H18ClN3O. The van der Waals surface area contributed by atoms with Crippen LogP contribution in [-0.4, -0.2) is 11.6 Å². The number of hydrogen-bond acceptors (Lipinski definition) is 4. The molecule has 0 radical (unpaired) electrons. The van der Waals surface area contributed by atoms with E-state index < -0.39 is 0 Å². The smallest absolute Gasteiger partial charge is 0.137 e. The number of benzene rings is 1. The van der Waals surface area contributed by atoms with Gasteiger partial charge in [-0.3, -0.25) is 10.8 Å². The molecule has 0 fully saturated rings. The van der Waals surface area contributed by atoms with Crippen molar-refractivity contribution in [3.8, 4) is 5.75 Å². The Bertz CT molecular complexity index is 545. The van der Waals surface area contributed by atoms with E-state index in [1.165, 1.54) is 0 Å². The molecule has 3 N–H and O–H groups in total. The maximum absolute atomic E-state index is 5.90. The van der Waals surface area contributed by atoms with Gasteiger partial charge in [0.15, 0.2) is 0 Å². The van der Waals surface area contributed by atoms with Crippen LogP contribution >= 0.6 is 11.6 Å². The van der Waals surface area contributed by atoms with Crippen LogP contribution in [0, 0.1) is 0 Å². The lowest BCUT2D eigenvalue weighted by molar-refractivity contribution is 0.315. The summed E-state index contributed by atoms with van der Waals surface area (Å²) in [6, 6.07) is 9.35. The normalized spacial score (nSPS) is 12.2. The molecule has 1 atom stereocenters. The monoisotopic (exact) mass is 291 g/mol. The molecule has 0 aliphatic heterocycles. The zero-order chi connectivity index (χ0) is 14.4. The second kappa shape index (κ2) is 7.24. The molecule has 2 rings (SSSR count). The quantitative estimate of drug-likeness (QED) is 0.634. The van der Waals surface area contributed by atoms with Crippen LogP contribution in [0.3, 0.4) is 0 Å². The number of hydrazine groups is 1. The highest BCUT2D eigenvalue weighted by Gasteiger charge is 2.13. The van der Waals surface area contributed by atoms with Crippen LogP contribution in [0.5, 0.6) is 5.75 Å². The van der Waals surface area contributed by atoms with Crippen molar-refractivity contribution in [3.63, 3.8) is 0 Å². The molecule has 0 saturated heterocycles. The Hall–Kier alpha value is -1.62. The summed E-state index contributed by atoms with van der Waals surface area (Å²) in [7, 11) is 0. The fourth-order valence-corrected chi connectivity index (χ4v) is 2.06. The fraction of sp³-hybridized carbons (Fsp3) is 0.267. The van der Waals surface area contributed by atoms with Crippen molar-refractivity contribution in [1.82, 2.24) is 10.4 Å². The number of pyridine rings is 1. The van der Waals surface area contributed by atoms with Gasteiger partial charge in [0.2, 0.25) is 0 Å². The molecule has 4 nitrogen and oxygen atoms in total. The largest absolute Gasteiger partial charge is 0.492 e. The minimum absolute atomic E-state index is 0.148. The van der Waals surface area contributed by atoms with Gasteiger partial charge in [0.05, 0.1) is 18.8 Å². The molecule has 1 aromatic carbocycles. The molecule has 1 heterocycles. The van der Waals surface area contributed by atoms with Gasteiger partial charge in [-0.15, -0.1) is 0 Å². The summed E-state index contributed by atoms with van der Waals surface area (Å²) in [5, 5.41) is 0.697. The number of ether oxygens (including phenoxy) is 1. The Morgan fingerprint density at radius 1 is 1.25 bits per heavy atom. The third-order valence-electron chi connectivity index (χ3n) is 2.91. The molecule has 2 aromatic rings. The number of nitrogens with two attached hydrogens (primary N) is 1. The van der Waals surface area contributed by atoms with Gasteiger partial charge < -0.3 is 4.74 Å². The predicted octanol–water partition coefficient (Wildman–Crippen LogP) is 3.08. The Morgan fingerprint density at radius 3 is 2.65 bits per heavy atom. The van der Waals surface area contributed by atoms with Crippen LogP contribution in [0.15, 0.2) is 42.7 Å². The number of halogens is 1. The summed E-state index contributed by atoms with van der Waals surface area (Å²) in [6.45, 7) is 2.74. The molecule has 0 saturated carbocycles. The average molecular weight is 292 g/mol. The number of nitrogens with one attached hydrogen (secondary N) is 1. The van der Waals surface area contributed by atoms with Crippen LogP contribution in [0.4, 0.5) is 0 Å². The molecular weight excluding hydrogens is 274 g/mol. The lowest BCUT2D eigenvalue weighted by atomic mass is 10.0. The van der Waals surface area contributed by atoms with Crippen LogP contribution in [0.2, 0.25) is 5.02 Å². The molecule has 0 bridgehead atoms. The Kier molecular flexibility index (Phi) is 5.35. The van der Waals surface area contributed by atoms with E-state index in [9.17, 15) is 0 Å². The van der Waals surface area contributed by atoms with E-state index >= 15 is 0 Å². The Morgan fingerprint density at radius 2 is 2.00 bits per heavy atom. The van der Waals surface area contributed by atoms with Crippen LogP contribution < -0.4 is 16.0 Å². The van der Waals surface area contributed by atoms with Crippen LogP contribution in [0.1, 0.15) is 30.5 Å². The van der Waals surface area contributed by atoms with Gasteiger partial charge in [0, 0.05) is 11.2 Å². The molecule has 0 spiro atoms. The van der Waals surface area contributed by atoms with E-state index in [-0.39, 0.29) is 6.04 Å². The first-order valence-electron chi connectivity index (χ1n) is 6.54. The average Bonchev–Trinajstić information content (AvgIpc) is 2.48. The van der Waals surface area contributed by atoms with Gasteiger partial charge in [-0.2, -0.15) is 0 Å². The standard InChI is InChI=1S/C15H18ClN3O/c1-2-7-20-14-8-12(9-18-10-14)15(19-17)11-3-5-13(16)6-4-11/h3-6,8-10,15,19H,2,7,17H2,1H3. The maximum Gasteiger partial charge on any atom is 0.137 e. The topological polar surface area (TPSA) is 60.2 Å². The highest BCUT2D eigenvalue weighted by molar-refractivity contribution is 6.30. The highest BCUT2D eigenvalue weighted by atomic mass is 35.5. The van der Waals surface area contributed by atoms with E-state index in [1.807, 2.05) is 30.3 Å². The lowest BCUT2D eigenvalue weighted by Gasteiger charge is -2.17. The van der Waals surface area contributed by atoms with Gasteiger partial charge in [-0.05, 0) is 35.7 Å². The molecule has 0 aliphatic rings. The summed E-state index contributed by atoms with van der Waals surface area (Å²) in [4.78, 5) is 4.20. The fourth-order valence-electron chi connectivity index (χ4n) is 1.93. The van der Waals surface area contributed by atoms with Gasteiger partial charge in [-0.25, -0.2) is 5.43 Å². The highest BCUT2D eigenvalue weighted by Crippen LogP contribution is 2.24. The second-order valence-electron chi connectivity index (χ2n) is 4.45. The van der Waals surface area contributed by atoms with Crippen molar-refractivity contribution < 1.29 is 4.74 Å². The van der Waals surface area contributed by atoms with E-state index in [4.69, 9.17) is 22.2 Å².